The maximum absolute atomic E-state index is 12.9. The summed E-state index contributed by atoms with van der Waals surface area (Å²) in [5.41, 5.74) is 1.04. The molecule has 0 bridgehead atoms. The smallest absolute Gasteiger partial charge is 0.334 e. The molecule has 0 aliphatic heterocycles. The van der Waals surface area contributed by atoms with Crippen LogP contribution >= 0.6 is 0 Å². The molecule has 0 saturated heterocycles. The van der Waals surface area contributed by atoms with Gasteiger partial charge in [0.1, 0.15) is 0 Å². The van der Waals surface area contributed by atoms with Crippen LogP contribution in [0.15, 0.2) is 11.1 Å². The Labute approximate surface area is 198 Å². The van der Waals surface area contributed by atoms with E-state index in [9.17, 15) is 9.59 Å². The molecule has 0 amide bonds. The molecular formula is C28H52O4. The summed E-state index contributed by atoms with van der Waals surface area (Å²) in [5, 5.41) is 0. The van der Waals surface area contributed by atoms with Crippen LogP contribution in [-0.2, 0) is 19.1 Å². The van der Waals surface area contributed by atoms with Crippen LogP contribution in [0.2, 0.25) is 0 Å². The molecule has 0 N–H and O–H groups in total. The summed E-state index contributed by atoms with van der Waals surface area (Å²) in [5.74, 6) is -0.140. The van der Waals surface area contributed by atoms with Gasteiger partial charge in [-0.3, -0.25) is 0 Å². The number of esters is 2. The van der Waals surface area contributed by atoms with Gasteiger partial charge in [0, 0.05) is 11.1 Å². The van der Waals surface area contributed by atoms with E-state index in [1.807, 2.05) is 0 Å². The maximum atomic E-state index is 12.9. The van der Waals surface area contributed by atoms with E-state index in [4.69, 9.17) is 9.47 Å². The first-order valence-corrected chi connectivity index (χ1v) is 13.4. The van der Waals surface area contributed by atoms with Gasteiger partial charge in [0.2, 0.25) is 0 Å². The first-order chi connectivity index (χ1) is 15.3. The van der Waals surface area contributed by atoms with Crippen LogP contribution in [0, 0.1) is 11.8 Å². The van der Waals surface area contributed by atoms with Gasteiger partial charge in [-0.25, -0.2) is 9.59 Å². The highest BCUT2D eigenvalue weighted by Gasteiger charge is 2.25. The first-order valence-electron chi connectivity index (χ1n) is 13.4. The van der Waals surface area contributed by atoms with Crippen LogP contribution in [-0.4, -0.2) is 25.2 Å². The summed E-state index contributed by atoms with van der Waals surface area (Å²) in [6.07, 6.45) is 14.8. The molecule has 32 heavy (non-hydrogen) atoms. The van der Waals surface area contributed by atoms with E-state index < -0.39 is 0 Å². The quantitative estimate of drug-likeness (QED) is 0.106. The van der Waals surface area contributed by atoms with Crippen molar-refractivity contribution in [3.05, 3.63) is 11.1 Å². The van der Waals surface area contributed by atoms with Crippen molar-refractivity contribution in [2.45, 2.75) is 131 Å². The molecule has 0 radical (unpaired) electrons. The van der Waals surface area contributed by atoms with E-state index >= 15 is 0 Å². The number of hydrogen-bond donors (Lipinski definition) is 0. The van der Waals surface area contributed by atoms with E-state index in [0.717, 1.165) is 25.7 Å². The lowest BCUT2D eigenvalue weighted by molar-refractivity contribution is -0.142. The summed E-state index contributed by atoms with van der Waals surface area (Å²) in [7, 11) is 0. The lowest BCUT2D eigenvalue weighted by atomic mass is 9.92. The zero-order valence-electron chi connectivity index (χ0n) is 22.1. The average molecular weight is 453 g/mol. The molecule has 0 rings (SSSR count). The van der Waals surface area contributed by atoms with E-state index in [0.29, 0.717) is 37.2 Å². The van der Waals surface area contributed by atoms with Crippen LogP contribution in [0.25, 0.3) is 0 Å². The molecule has 4 nitrogen and oxygen atoms in total. The van der Waals surface area contributed by atoms with Crippen molar-refractivity contribution in [1.29, 1.82) is 0 Å². The molecule has 188 valence electrons. The van der Waals surface area contributed by atoms with Gasteiger partial charge >= 0.3 is 11.9 Å². The van der Waals surface area contributed by atoms with Gasteiger partial charge in [-0.15, -0.1) is 0 Å². The third-order valence-corrected chi connectivity index (χ3v) is 5.54. The summed E-state index contributed by atoms with van der Waals surface area (Å²) >= 11 is 0. The zero-order valence-corrected chi connectivity index (χ0v) is 22.1. The minimum atomic E-state index is -0.334. The summed E-state index contributed by atoms with van der Waals surface area (Å²) < 4.78 is 11.2. The number of carbonyl (C=O) groups excluding carboxylic acids is 2. The topological polar surface area (TPSA) is 52.6 Å². The van der Waals surface area contributed by atoms with Gasteiger partial charge in [-0.05, 0) is 37.5 Å². The SMILES string of the molecule is CCCCCCCCOC(=O)/C(CC(C)C)=C(/CC(C)C)C(=O)OCCCCCCCC. The Hall–Kier alpha value is -1.32. The summed E-state index contributed by atoms with van der Waals surface area (Å²) in [6, 6.07) is 0. The Balaban J connectivity index is 4.95. The zero-order chi connectivity index (χ0) is 24.2. The van der Waals surface area contributed by atoms with Gasteiger partial charge in [0.05, 0.1) is 13.2 Å². The first kappa shape index (κ1) is 30.7. The second kappa shape index (κ2) is 20.3. The highest BCUT2D eigenvalue weighted by molar-refractivity contribution is 6.00. The van der Waals surface area contributed by atoms with E-state index in [2.05, 4.69) is 41.5 Å². The Morgan fingerprint density at radius 2 is 0.844 bits per heavy atom. The Morgan fingerprint density at radius 1 is 0.531 bits per heavy atom. The van der Waals surface area contributed by atoms with Gasteiger partial charge in [-0.1, -0.05) is 106 Å². The van der Waals surface area contributed by atoms with Crippen molar-refractivity contribution in [2.75, 3.05) is 13.2 Å². The highest BCUT2D eigenvalue weighted by Crippen LogP contribution is 2.24. The number of rotatable bonds is 20. The van der Waals surface area contributed by atoms with Crippen LogP contribution in [0.3, 0.4) is 0 Å². The summed E-state index contributed by atoms with van der Waals surface area (Å²) in [4.78, 5) is 25.9. The number of ether oxygens (including phenoxy) is 2. The van der Waals surface area contributed by atoms with Crippen molar-refractivity contribution in [2.24, 2.45) is 11.8 Å². The molecule has 0 spiro atoms. The van der Waals surface area contributed by atoms with Crippen molar-refractivity contribution < 1.29 is 19.1 Å². The fraction of sp³-hybridized carbons (Fsp3) is 0.857. The van der Waals surface area contributed by atoms with Crippen molar-refractivity contribution >= 4 is 11.9 Å². The molecule has 0 heterocycles. The van der Waals surface area contributed by atoms with Gasteiger partial charge < -0.3 is 9.47 Å². The van der Waals surface area contributed by atoms with Gasteiger partial charge in [0.15, 0.2) is 0 Å². The number of hydrogen-bond acceptors (Lipinski definition) is 4. The molecule has 0 atom stereocenters. The molecule has 4 heteroatoms. The largest absolute Gasteiger partial charge is 0.462 e. The molecule has 0 aliphatic rings. The molecular weight excluding hydrogens is 400 g/mol. The van der Waals surface area contributed by atoms with E-state index in [-0.39, 0.29) is 23.8 Å². The minimum absolute atomic E-state index is 0.264. The van der Waals surface area contributed by atoms with Gasteiger partial charge in [0.25, 0.3) is 0 Å². The lowest BCUT2D eigenvalue weighted by Gasteiger charge is -2.17. The van der Waals surface area contributed by atoms with Crippen molar-refractivity contribution in [3.8, 4) is 0 Å². The lowest BCUT2D eigenvalue weighted by Crippen LogP contribution is -2.20. The van der Waals surface area contributed by atoms with E-state index in [1.165, 1.54) is 51.4 Å². The van der Waals surface area contributed by atoms with Crippen molar-refractivity contribution in [1.82, 2.24) is 0 Å². The standard InChI is InChI=1S/C28H52O4/c1-7-9-11-13-15-17-19-31-27(29)25(21-23(3)4)26(22-24(5)6)28(30)32-20-18-16-14-12-10-8-2/h23-24H,7-22H2,1-6H3/b26-25-. The van der Waals surface area contributed by atoms with Crippen LogP contribution < -0.4 is 0 Å². The third-order valence-electron chi connectivity index (χ3n) is 5.54. The summed E-state index contributed by atoms with van der Waals surface area (Å²) in [6.45, 7) is 13.5. The van der Waals surface area contributed by atoms with Gasteiger partial charge in [-0.2, -0.15) is 0 Å². The molecule has 0 unspecified atom stereocenters. The predicted octanol–water partition coefficient (Wildman–Crippen LogP) is 8.18. The molecule has 0 aromatic carbocycles. The number of unbranched alkanes of at least 4 members (excludes halogenated alkanes) is 10. The normalized spacial score (nSPS) is 12.2. The Morgan fingerprint density at radius 3 is 1.16 bits per heavy atom. The average Bonchev–Trinajstić information content (AvgIpc) is 2.74. The predicted molar refractivity (Wildman–Crippen MR) is 135 cm³/mol. The maximum Gasteiger partial charge on any atom is 0.334 e. The fourth-order valence-corrected chi connectivity index (χ4v) is 3.74. The van der Waals surface area contributed by atoms with Crippen LogP contribution in [0.5, 0.6) is 0 Å². The third kappa shape index (κ3) is 16.3. The molecule has 0 aliphatic carbocycles. The fourth-order valence-electron chi connectivity index (χ4n) is 3.74. The highest BCUT2D eigenvalue weighted by atomic mass is 16.5. The second-order valence-electron chi connectivity index (χ2n) is 9.96. The minimum Gasteiger partial charge on any atom is -0.462 e. The Kier molecular flexibility index (Phi) is 19.5. The monoisotopic (exact) mass is 452 g/mol. The second-order valence-corrected chi connectivity index (χ2v) is 9.96. The van der Waals surface area contributed by atoms with Crippen LogP contribution in [0.1, 0.15) is 131 Å². The Bertz CT molecular complexity index is 474. The molecule has 0 saturated carbocycles. The molecule has 0 aromatic rings. The number of carbonyl (C=O) groups is 2. The van der Waals surface area contributed by atoms with Crippen LogP contribution in [0.4, 0.5) is 0 Å². The molecule has 0 aromatic heterocycles. The molecule has 0 fully saturated rings. The van der Waals surface area contributed by atoms with Crippen molar-refractivity contribution in [3.63, 3.8) is 0 Å². The van der Waals surface area contributed by atoms with E-state index in [1.54, 1.807) is 0 Å².